The molecule has 0 aliphatic carbocycles. The molecule has 0 bridgehead atoms. The Bertz CT molecular complexity index is 394. The highest BCUT2D eigenvalue weighted by Crippen LogP contribution is 2.22. The molecule has 94 valence electrons. The predicted octanol–water partition coefficient (Wildman–Crippen LogP) is 2.54. The average molecular weight is 298 g/mol. The molecular weight excluding hydrogens is 278 g/mol. The predicted molar refractivity (Wildman–Crippen MR) is 75.5 cm³/mol. The van der Waals surface area contributed by atoms with E-state index in [0.717, 1.165) is 22.8 Å². The summed E-state index contributed by atoms with van der Waals surface area (Å²) in [5.74, 6) is 1.84. The molecule has 1 unspecified atom stereocenters. The number of nitrogens with zero attached hydrogens (tertiary/aromatic N) is 3. The van der Waals surface area contributed by atoms with E-state index in [-0.39, 0.29) is 0 Å². The lowest BCUT2D eigenvalue weighted by Gasteiger charge is -2.22. The Labute approximate surface area is 112 Å². The van der Waals surface area contributed by atoms with Crippen molar-refractivity contribution in [3.8, 4) is 0 Å². The normalized spacial score (nSPS) is 20.8. The van der Waals surface area contributed by atoms with Crippen LogP contribution in [0, 0.1) is 12.8 Å². The number of aryl methyl sites for hydroxylation is 1. The number of hydrogen-bond acceptors (Lipinski definition) is 3. The largest absolute Gasteiger partial charge is 0.359 e. The van der Waals surface area contributed by atoms with Gasteiger partial charge in [-0.15, -0.1) is 0 Å². The zero-order valence-electron chi connectivity index (χ0n) is 10.8. The Morgan fingerprint density at radius 3 is 2.94 bits per heavy atom. The van der Waals surface area contributed by atoms with Crippen molar-refractivity contribution in [2.24, 2.45) is 5.92 Å². The topological polar surface area (TPSA) is 19.4 Å². The SMILES string of the molecule is Cc1cc(N(C)CC2CCN(C)C2)ncc1Br. The lowest BCUT2D eigenvalue weighted by Crippen LogP contribution is -2.27. The molecule has 2 heterocycles. The lowest BCUT2D eigenvalue weighted by molar-refractivity contribution is 0.395. The monoisotopic (exact) mass is 297 g/mol. The van der Waals surface area contributed by atoms with Crippen LogP contribution in [0.1, 0.15) is 12.0 Å². The minimum Gasteiger partial charge on any atom is -0.359 e. The van der Waals surface area contributed by atoms with Gasteiger partial charge in [-0.1, -0.05) is 0 Å². The fraction of sp³-hybridized carbons (Fsp3) is 0.615. The zero-order chi connectivity index (χ0) is 12.4. The molecule has 1 aliphatic heterocycles. The second-order valence-electron chi connectivity index (χ2n) is 5.09. The molecule has 17 heavy (non-hydrogen) atoms. The number of pyridine rings is 1. The van der Waals surface area contributed by atoms with Gasteiger partial charge in [0.05, 0.1) is 0 Å². The van der Waals surface area contributed by atoms with E-state index in [1.807, 2.05) is 6.20 Å². The third-order valence-corrected chi connectivity index (χ3v) is 4.27. The van der Waals surface area contributed by atoms with Gasteiger partial charge < -0.3 is 9.80 Å². The van der Waals surface area contributed by atoms with Crippen LogP contribution >= 0.6 is 15.9 Å². The van der Waals surface area contributed by atoms with Crippen molar-refractivity contribution in [3.63, 3.8) is 0 Å². The molecule has 1 saturated heterocycles. The summed E-state index contributed by atoms with van der Waals surface area (Å²) in [4.78, 5) is 9.13. The molecule has 1 aromatic heterocycles. The maximum absolute atomic E-state index is 4.47. The van der Waals surface area contributed by atoms with Crippen LogP contribution in [0.4, 0.5) is 5.82 Å². The maximum atomic E-state index is 4.47. The molecular formula is C13H20BrN3. The van der Waals surface area contributed by atoms with Gasteiger partial charge in [0, 0.05) is 30.8 Å². The smallest absolute Gasteiger partial charge is 0.128 e. The highest BCUT2D eigenvalue weighted by molar-refractivity contribution is 9.10. The van der Waals surface area contributed by atoms with Crippen LogP contribution < -0.4 is 4.90 Å². The first kappa shape index (κ1) is 12.8. The highest BCUT2D eigenvalue weighted by atomic mass is 79.9. The molecule has 0 saturated carbocycles. The molecule has 0 spiro atoms. The van der Waals surface area contributed by atoms with Gasteiger partial charge in [0.25, 0.3) is 0 Å². The summed E-state index contributed by atoms with van der Waals surface area (Å²) >= 11 is 3.49. The minimum atomic E-state index is 0.774. The average Bonchev–Trinajstić information content (AvgIpc) is 2.68. The summed E-state index contributed by atoms with van der Waals surface area (Å²) in [6.07, 6.45) is 3.19. The van der Waals surface area contributed by atoms with Crippen LogP contribution in [0.3, 0.4) is 0 Å². The standard InChI is InChI=1S/C13H20BrN3/c1-10-6-13(15-7-12(10)14)17(3)9-11-4-5-16(2)8-11/h6-7,11H,4-5,8-9H2,1-3H3. The van der Waals surface area contributed by atoms with Crippen LogP contribution in [0.15, 0.2) is 16.7 Å². The van der Waals surface area contributed by atoms with Gasteiger partial charge in [0.1, 0.15) is 5.82 Å². The molecule has 1 aromatic rings. The number of likely N-dealkylation sites (tertiary alicyclic amines) is 1. The van der Waals surface area contributed by atoms with Crippen LogP contribution in [0.5, 0.6) is 0 Å². The van der Waals surface area contributed by atoms with Crippen molar-refractivity contribution in [3.05, 3.63) is 22.3 Å². The van der Waals surface area contributed by atoms with Crippen LogP contribution in [0.25, 0.3) is 0 Å². The first-order valence-corrected chi connectivity index (χ1v) is 6.87. The Balaban J connectivity index is 1.99. The van der Waals surface area contributed by atoms with Gasteiger partial charge in [0.15, 0.2) is 0 Å². The number of hydrogen-bond donors (Lipinski definition) is 0. The number of aromatic nitrogens is 1. The third kappa shape index (κ3) is 3.19. The van der Waals surface area contributed by atoms with E-state index in [1.165, 1.54) is 25.1 Å². The van der Waals surface area contributed by atoms with Crippen LogP contribution in [-0.2, 0) is 0 Å². The summed E-state index contributed by atoms with van der Waals surface area (Å²) in [5.41, 5.74) is 1.24. The van der Waals surface area contributed by atoms with Crippen LogP contribution in [0.2, 0.25) is 0 Å². The molecule has 0 amide bonds. The number of rotatable bonds is 3. The molecule has 1 fully saturated rings. The zero-order valence-corrected chi connectivity index (χ0v) is 12.4. The van der Waals surface area contributed by atoms with E-state index < -0.39 is 0 Å². The van der Waals surface area contributed by atoms with E-state index in [4.69, 9.17) is 0 Å². The molecule has 2 rings (SSSR count). The Morgan fingerprint density at radius 1 is 1.59 bits per heavy atom. The summed E-state index contributed by atoms with van der Waals surface area (Å²) in [7, 11) is 4.33. The van der Waals surface area contributed by atoms with E-state index in [9.17, 15) is 0 Å². The summed E-state index contributed by atoms with van der Waals surface area (Å²) in [5, 5.41) is 0. The van der Waals surface area contributed by atoms with Gasteiger partial charge in [-0.25, -0.2) is 4.98 Å². The van der Waals surface area contributed by atoms with E-state index in [0.29, 0.717) is 0 Å². The molecule has 1 atom stereocenters. The van der Waals surface area contributed by atoms with Gasteiger partial charge in [0.2, 0.25) is 0 Å². The molecule has 0 radical (unpaired) electrons. The Hall–Kier alpha value is -0.610. The van der Waals surface area contributed by atoms with Crippen LogP contribution in [-0.4, -0.2) is 43.6 Å². The molecule has 1 aliphatic rings. The fourth-order valence-electron chi connectivity index (χ4n) is 2.39. The van der Waals surface area contributed by atoms with Gasteiger partial charge in [-0.05, 0) is 60.4 Å². The summed E-state index contributed by atoms with van der Waals surface area (Å²) < 4.78 is 1.08. The molecule has 0 N–H and O–H groups in total. The first-order chi connectivity index (χ1) is 8.06. The maximum Gasteiger partial charge on any atom is 0.128 e. The third-order valence-electron chi connectivity index (χ3n) is 3.44. The fourth-order valence-corrected chi connectivity index (χ4v) is 2.61. The summed E-state index contributed by atoms with van der Waals surface area (Å²) in [6.45, 7) is 5.63. The highest BCUT2D eigenvalue weighted by Gasteiger charge is 2.21. The second kappa shape index (κ2) is 5.36. The van der Waals surface area contributed by atoms with Crippen molar-refractivity contribution in [2.45, 2.75) is 13.3 Å². The molecule has 4 heteroatoms. The first-order valence-electron chi connectivity index (χ1n) is 6.08. The van der Waals surface area contributed by atoms with Gasteiger partial charge in [-0.2, -0.15) is 0 Å². The van der Waals surface area contributed by atoms with Gasteiger partial charge >= 0.3 is 0 Å². The summed E-state index contributed by atoms with van der Waals surface area (Å²) in [6, 6.07) is 2.14. The van der Waals surface area contributed by atoms with Crippen molar-refractivity contribution in [2.75, 3.05) is 38.6 Å². The number of halogens is 1. The Morgan fingerprint density at radius 2 is 2.35 bits per heavy atom. The van der Waals surface area contributed by atoms with Crippen molar-refractivity contribution in [1.82, 2.24) is 9.88 Å². The van der Waals surface area contributed by atoms with Crippen molar-refractivity contribution in [1.29, 1.82) is 0 Å². The quantitative estimate of drug-likeness (QED) is 0.855. The van der Waals surface area contributed by atoms with Crippen molar-refractivity contribution >= 4 is 21.7 Å². The van der Waals surface area contributed by atoms with E-state index >= 15 is 0 Å². The van der Waals surface area contributed by atoms with Crippen molar-refractivity contribution < 1.29 is 0 Å². The Kier molecular flexibility index (Phi) is 4.05. The number of anilines is 1. The molecule has 0 aromatic carbocycles. The second-order valence-corrected chi connectivity index (χ2v) is 5.94. The molecule has 3 nitrogen and oxygen atoms in total. The lowest BCUT2D eigenvalue weighted by atomic mass is 10.1. The minimum absolute atomic E-state index is 0.774. The van der Waals surface area contributed by atoms with Gasteiger partial charge in [-0.3, -0.25) is 0 Å². The van der Waals surface area contributed by atoms with E-state index in [2.05, 4.69) is 57.8 Å². The van der Waals surface area contributed by atoms with E-state index in [1.54, 1.807) is 0 Å².